The number of nitrogens with zero attached hydrogens (tertiary/aromatic N) is 4. The molecule has 0 radical (unpaired) electrons. The summed E-state index contributed by atoms with van der Waals surface area (Å²) >= 11 is 0. The highest BCUT2D eigenvalue weighted by Gasteiger charge is 1.94. The van der Waals surface area contributed by atoms with E-state index < -0.39 is 0 Å². The molecule has 0 unspecified atom stereocenters. The summed E-state index contributed by atoms with van der Waals surface area (Å²) in [6.45, 7) is 2.02. The summed E-state index contributed by atoms with van der Waals surface area (Å²) in [6, 6.07) is 21.7. The predicted octanol–water partition coefficient (Wildman–Crippen LogP) is 6.53. The first-order valence-electron chi connectivity index (χ1n) is 7.48. The summed E-state index contributed by atoms with van der Waals surface area (Å²) in [5.74, 6) is 0.206. The van der Waals surface area contributed by atoms with Crippen molar-refractivity contribution >= 4 is 22.7 Å². The van der Waals surface area contributed by atoms with E-state index in [2.05, 4.69) is 20.5 Å². The maximum atomic E-state index is 9.23. The monoisotopic (exact) mass is 316 g/mol. The summed E-state index contributed by atoms with van der Waals surface area (Å²) in [5, 5.41) is 25.9. The van der Waals surface area contributed by atoms with Crippen LogP contribution in [0.4, 0.5) is 22.7 Å². The van der Waals surface area contributed by atoms with Crippen molar-refractivity contribution in [3.05, 3.63) is 78.4 Å². The van der Waals surface area contributed by atoms with Gasteiger partial charge in [0.15, 0.2) is 0 Å². The van der Waals surface area contributed by atoms with Crippen molar-refractivity contribution in [3.8, 4) is 5.75 Å². The molecule has 1 N–H and O–H groups in total. The van der Waals surface area contributed by atoms with E-state index in [9.17, 15) is 5.11 Å². The molecule has 3 rings (SSSR count). The molecular formula is C19H16N4O. The minimum absolute atomic E-state index is 0.206. The van der Waals surface area contributed by atoms with Crippen LogP contribution in [0.25, 0.3) is 0 Å². The number of rotatable bonds is 4. The third kappa shape index (κ3) is 4.33. The fraction of sp³-hybridized carbons (Fsp3) is 0.0526. The second-order valence-electron chi connectivity index (χ2n) is 5.27. The smallest absolute Gasteiger partial charge is 0.115 e. The summed E-state index contributed by atoms with van der Waals surface area (Å²) in [6.07, 6.45) is 0. The highest BCUT2D eigenvalue weighted by Crippen LogP contribution is 2.24. The minimum Gasteiger partial charge on any atom is -0.508 e. The van der Waals surface area contributed by atoms with E-state index in [1.54, 1.807) is 24.3 Å². The number of benzene rings is 3. The van der Waals surface area contributed by atoms with E-state index in [1.807, 2.05) is 55.5 Å². The maximum absolute atomic E-state index is 9.23. The lowest BCUT2D eigenvalue weighted by atomic mass is 10.2. The molecule has 0 spiro atoms. The molecule has 0 fully saturated rings. The number of hydrogen-bond donors (Lipinski definition) is 1. The highest BCUT2D eigenvalue weighted by molar-refractivity contribution is 5.48. The molecule has 5 heteroatoms. The third-order valence-electron chi connectivity index (χ3n) is 3.26. The van der Waals surface area contributed by atoms with Gasteiger partial charge in [0.05, 0.1) is 22.7 Å². The fourth-order valence-corrected chi connectivity index (χ4v) is 2.03. The Morgan fingerprint density at radius 3 is 1.54 bits per heavy atom. The number of aromatic hydroxyl groups is 1. The topological polar surface area (TPSA) is 69.7 Å². The SMILES string of the molecule is Cc1cccc(N=Nc2ccc(N=Nc3ccc(O)cc3)cc2)c1. The molecule has 0 heterocycles. The first kappa shape index (κ1) is 15.6. The molecule has 0 amide bonds. The zero-order valence-electron chi connectivity index (χ0n) is 13.2. The lowest BCUT2D eigenvalue weighted by Gasteiger charge is -1.96. The van der Waals surface area contributed by atoms with Gasteiger partial charge in [0.25, 0.3) is 0 Å². The van der Waals surface area contributed by atoms with E-state index in [-0.39, 0.29) is 5.75 Å². The quantitative estimate of drug-likeness (QED) is 0.546. The highest BCUT2D eigenvalue weighted by atomic mass is 16.3. The average molecular weight is 316 g/mol. The van der Waals surface area contributed by atoms with Crippen LogP contribution in [0.15, 0.2) is 93.3 Å². The van der Waals surface area contributed by atoms with Gasteiger partial charge in [0, 0.05) is 0 Å². The molecule has 3 aromatic rings. The molecule has 0 bridgehead atoms. The number of aryl methyl sites for hydroxylation is 1. The molecule has 0 aromatic heterocycles. The molecule has 0 aliphatic carbocycles. The van der Waals surface area contributed by atoms with Gasteiger partial charge in [-0.25, -0.2) is 0 Å². The van der Waals surface area contributed by atoms with Crippen molar-refractivity contribution in [1.29, 1.82) is 0 Å². The van der Waals surface area contributed by atoms with Crippen molar-refractivity contribution in [2.75, 3.05) is 0 Å². The summed E-state index contributed by atoms with van der Waals surface area (Å²) < 4.78 is 0. The molecule has 5 nitrogen and oxygen atoms in total. The molecule has 0 atom stereocenters. The summed E-state index contributed by atoms with van der Waals surface area (Å²) in [4.78, 5) is 0. The Labute approximate surface area is 140 Å². The second kappa shape index (κ2) is 7.28. The predicted molar refractivity (Wildman–Crippen MR) is 94.1 cm³/mol. The first-order valence-corrected chi connectivity index (χ1v) is 7.48. The van der Waals surface area contributed by atoms with E-state index in [1.165, 1.54) is 0 Å². The largest absolute Gasteiger partial charge is 0.508 e. The second-order valence-corrected chi connectivity index (χ2v) is 5.27. The molecular weight excluding hydrogens is 300 g/mol. The molecule has 0 saturated carbocycles. The number of azo groups is 2. The van der Waals surface area contributed by atoms with Gasteiger partial charge < -0.3 is 5.11 Å². The molecule has 0 aliphatic heterocycles. The van der Waals surface area contributed by atoms with Crippen molar-refractivity contribution in [2.45, 2.75) is 6.92 Å². The molecule has 24 heavy (non-hydrogen) atoms. The average Bonchev–Trinajstić information content (AvgIpc) is 2.60. The van der Waals surface area contributed by atoms with Gasteiger partial charge in [-0.2, -0.15) is 20.5 Å². The Kier molecular flexibility index (Phi) is 4.72. The summed E-state index contributed by atoms with van der Waals surface area (Å²) in [7, 11) is 0. The van der Waals surface area contributed by atoms with Crippen LogP contribution in [0.5, 0.6) is 5.75 Å². The van der Waals surface area contributed by atoms with Crippen LogP contribution in [0.2, 0.25) is 0 Å². The third-order valence-corrected chi connectivity index (χ3v) is 3.26. The van der Waals surface area contributed by atoms with Crippen molar-refractivity contribution in [1.82, 2.24) is 0 Å². The van der Waals surface area contributed by atoms with Gasteiger partial charge in [0.2, 0.25) is 0 Å². The zero-order valence-corrected chi connectivity index (χ0v) is 13.2. The van der Waals surface area contributed by atoms with Crippen molar-refractivity contribution in [2.24, 2.45) is 20.5 Å². The lowest BCUT2D eigenvalue weighted by Crippen LogP contribution is -1.69. The van der Waals surface area contributed by atoms with Crippen LogP contribution in [0, 0.1) is 6.92 Å². The van der Waals surface area contributed by atoms with Gasteiger partial charge in [-0.1, -0.05) is 12.1 Å². The van der Waals surface area contributed by atoms with Crippen LogP contribution in [0.3, 0.4) is 0 Å². The van der Waals surface area contributed by atoms with Crippen molar-refractivity contribution in [3.63, 3.8) is 0 Å². The Balaban J connectivity index is 1.68. The van der Waals surface area contributed by atoms with Gasteiger partial charge in [0.1, 0.15) is 5.75 Å². The van der Waals surface area contributed by atoms with Crippen LogP contribution in [-0.4, -0.2) is 5.11 Å². The van der Waals surface area contributed by atoms with E-state index >= 15 is 0 Å². The molecule has 0 aliphatic rings. The van der Waals surface area contributed by atoms with E-state index in [4.69, 9.17) is 0 Å². The Morgan fingerprint density at radius 2 is 1.04 bits per heavy atom. The minimum atomic E-state index is 0.206. The molecule has 3 aromatic carbocycles. The van der Waals surface area contributed by atoms with Gasteiger partial charge in [-0.3, -0.25) is 0 Å². The Hall–Kier alpha value is -3.34. The maximum Gasteiger partial charge on any atom is 0.115 e. The van der Waals surface area contributed by atoms with E-state index in [0.29, 0.717) is 5.69 Å². The molecule has 0 saturated heterocycles. The van der Waals surface area contributed by atoms with Gasteiger partial charge in [-0.05, 0) is 73.2 Å². The van der Waals surface area contributed by atoms with Crippen LogP contribution in [0.1, 0.15) is 5.56 Å². The van der Waals surface area contributed by atoms with Gasteiger partial charge >= 0.3 is 0 Å². The summed E-state index contributed by atoms with van der Waals surface area (Å²) in [5.41, 5.74) is 4.12. The number of hydrogen-bond acceptors (Lipinski definition) is 5. The lowest BCUT2D eigenvalue weighted by molar-refractivity contribution is 0.475. The zero-order chi connectivity index (χ0) is 16.8. The fourth-order valence-electron chi connectivity index (χ4n) is 2.03. The number of phenols is 1. The number of phenolic OH excluding ortho intramolecular Hbond substituents is 1. The Morgan fingerprint density at radius 1 is 0.583 bits per heavy atom. The van der Waals surface area contributed by atoms with Crippen LogP contribution >= 0.6 is 0 Å². The Bertz CT molecular complexity index is 869. The molecule has 118 valence electrons. The normalized spacial score (nSPS) is 11.4. The standard InChI is InChI=1S/C19H16N4O/c1-14-3-2-4-18(13-14)23-22-16-7-5-15(6-8-16)20-21-17-9-11-19(24)12-10-17/h2-13,24H,1H3. The van der Waals surface area contributed by atoms with E-state index in [0.717, 1.165) is 22.6 Å². The van der Waals surface area contributed by atoms with Gasteiger partial charge in [-0.15, -0.1) is 0 Å². The van der Waals surface area contributed by atoms with Crippen LogP contribution < -0.4 is 0 Å². The van der Waals surface area contributed by atoms with Crippen molar-refractivity contribution < 1.29 is 5.11 Å². The first-order chi connectivity index (χ1) is 11.7. The van der Waals surface area contributed by atoms with Crippen LogP contribution in [-0.2, 0) is 0 Å².